The van der Waals surface area contributed by atoms with Crippen LogP contribution in [0, 0.1) is 12.8 Å². The Morgan fingerprint density at radius 2 is 2.33 bits per heavy atom. The van der Waals surface area contributed by atoms with Crippen molar-refractivity contribution < 1.29 is 4.79 Å². The van der Waals surface area contributed by atoms with Crippen molar-refractivity contribution in [2.24, 2.45) is 11.8 Å². The highest BCUT2D eigenvalue weighted by atomic mass is 16.1. The molecule has 0 radical (unpaired) electrons. The first-order chi connectivity index (χ1) is 10.1. The van der Waals surface area contributed by atoms with Gasteiger partial charge in [-0.3, -0.25) is 9.69 Å². The van der Waals surface area contributed by atoms with Crippen molar-refractivity contribution in [2.45, 2.75) is 38.8 Å². The van der Waals surface area contributed by atoms with E-state index in [1.165, 1.54) is 0 Å². The number of amides is 1. The average Bonchev–Trinajstić information content (AvgIpc) is 2.47. The fourth-order valence-corrected chi connectivity index (χ4v) is 3.30. The quantitative estimate of drug-likeness (QED) is 0.542. The molecule has 0 saturated carbocycles. The number of piperidine rings is 2. The van der Waals surface area contributed by atoms with Crippen LogP contribution >= 0.6 is 0 Å². The third-order valence-electron chi connectivity index (χ3n) is 4.32. The number of nitrogens with two attached hydrogens (primary N) is 1. The van der Waals surface area contributed by atoms with E-state index in [1.807, 2.05) is 13.0 Å². The molecule has 0 spiro atoms. The fraction of sp³-hybridized carbons (Fsp3) is 0.643. The highest BCUT2D eigenvalue weighted by Crippen LogP contribution is 2.26. The molecule has 2 fully saturated rings. The molecule has 0 aliphatic carbocycles. The van der Waals surface area contributed by atoms with Crippen LogP contribution in [-0.2, 0) is 11.3 Å². The SMILES string of the molecule is Cc1cc(NN)nc(CN2CCC3NC(=O)CCC3C2)n1. The zero-order valence-electron chi connectivity index (χ0n) is 12.3. The Morgan fingerprint density at radius 1 is 1.48 bits per heavy atom. The monoisotopic (exact) mass is 290 g/mol. The van der Waals surface area contributed by atoms with Crippen LogP contribution in [0.15, 0.2) is 6.07 Å². The van der Waals surface area contributed by atoms with Crippen LogP contribution in [0.5, 0.6) is 0 Å². The van der Waals surface area contributed by atoms with E-state index in [1.54, 1.807) is 0 Å². The summed E-state index contributed by atoms with van der Waals surface area (Å²) < 4.78 is 0. The second kappa shape index (κ2) is 5.95. The number of hydrazine groups is 1. The number of aryl methyl sites for hydroxylation is 1. The third-order valence-corrected chi connectivity index (χ3v) is 4.32. The zero-order chi connectivity index (χ0) is 14.8. The normalized spacial score (nSPS) is 26.1. The van der Waals surface area contributed by atoms with E-state index in [4.69, 9.17) is 5.84 Å². The van der Waals surface area contributed by atoms with Gasteiger partial charge in [0, 0.05) is 37.3 Å². The molecule has 0 aromatic carbocycles. The molecule has 7 heteroatoms. The van der Waals surface area contributed by atoms with Gasteiger partial charge in [-0.1, -0.05) is 0 Å². The summed E-state index contributed by atoms with van der Waals surface area (Å²) in [6, 6.07) is 2.18. The summed E-state index contributed by atoms with van der Waals surface area (Å²) in [5, 5.41) is 3.11. The molecule has 1 aromatic heterocycles. The van der Waals surface area contributed by atoms with Gasteiger partial charge < -0.3 is 10.7 Å². The number of likely N-dealkylation sites (tertiary alicyclic amines) is 1. The van der Waals surface area contributed by atoms with Crippen molar-refractivity contribution in [2.75, 3.05) is 18.5 Å². The molecule has 2 unspecified atom stereocenters. The van der Waals surface area contributed by atoms with Gasteiger partial charge >= 0.3 is 0 Å². The molecule has 2 aliphatic heterocycles. The van der Waals surface area contributed by atoms with Crippen LogP contribution < -0.4 is 16.6 Å². The minimum Gasteiger partial charge on any atom is -0.353 e. The number of nitrogens with one attached hydrogen (secondary N) is 2. The van der Waals surface area contributed by atoms with Crippen molar-refractivity contribution in [3.8, 4) is 0 Å². The predicted octanol–water partition coefficient (Wildman–Crippen LogP) is 0.171. The van der Waals surface area contributed by atoms with E-state index in [0.29, 0.717) is 24.2 Å². The number of hydrogen-bond acceptors (Lipinski definition) is 6. The topological polar surface area (TPSA) is 96.2 Å². The van der Waals surface area contributed by atoms with E-state index in [-0.39, 0.29) is 5.91 Å². The number of aromatic nitrogens is 2. The molecule has 3 rings (SSSR count). The number of nitrogen functional groups attached to an aromatic ring is 1. The van der Waals surface area contributed by atoms with Crippen LogP contribution in [0.2, 0.25) is 0 Å². The Labute approximate surface area is 124 Å². The van der Waals surface area contributed by atoms with Gasteiger partial charge in [-0.2, -0.15) is 0 Å². The molecule has 2 aliphatic rings. The summed E-state index contributed by atoms with van der Waals surface area (Å²) in [5.74, 6) is 7.62. The Hall–Kier alpha value is -1.73. The van der Waals surface area contributed by atoms with Gasteiger partial charge in [-0.25, -0.2) is 15.8 Å². The van der Waals surface area contributed by atoms with Crippen molar-refractivity contribution in [3.05, 3.63) is 17.6 Å². The lowest BCUT2D eigenvalue weighted by Crippen LogP contribution is -2.53. The lowest BCUT2D eigenvalue weighted by molar-refractivity contribution is -0.125. The first-order valence-corrected chi connectivity index (χ1v) is 7.47. The number of fused-ring (bicyclic) bond motifs is 1. The lowest BCUT2D eigenvalue weighted by Gasteiger charge is -2.41. The molecular weight excluding hydrogens is 268 g/mol. The van der Waals surface area contributed by atoms with Crippen LogP contribution in [0.25, 0.3) is 0 Å². The number of carbonyl (C=O) groups excluding carboxylic acids is 1. The van der Waals surface area contributed by atoms with Gasteiger partial charge in [0.1, 0.15) is 11.6 Å². The first-order valence-electron chi connectivity index (χ1n) is 7.47. The first kappa shape index (κ1) is 14.2. The van der Waals surface area contributed by atoms with Crippen LogP contribution in [0.3, 0.4) is 0 Å². The molecule has 3 heterocycles. The number of carbonyl (C=O) groups is 1. The number of nitrogens with zero attached hydrogens (tertiary/aromatic N) is 3. The smallest absolute Gasteiger partial charge is 0.220 e. The summed E-state index contributed by atoms with van der Waals surface area (Å²) in [6.07, 6.45) is 2.64. The zero-order valence-corrected chi connectivity index (χ0v) is 12.3. The van der Waals surface area contributed by atoms with E-state index in [2.05, 4.69) is 25.6 Å². The highest BCUT2D eigenvalue weighted by Gasteiger charge is 2.33. The molecule has 2 atom stereocenters. The van der Waals surface area contributed by atoms with Crippen LogP contribution in [0.4, 0.5) is 5.82 Å². The summed E-state index contributed by atoms with van der Waals surface area (Å²) in [4.78, 5) is 22.7. The largest absolute Gasteiger partial charge is 0.353 e. The summed E-state index contributed by atoms with van der Waals surface area (Å²) in [7, 11) is 0. The van der Waals surface area contributed by atoms with Crippen molar-refractivity contribution in [3.63, 3.8) is 0 Å². The second-order valence-corrected chi connectivity index (χ2v) is 5.95. The van der Waals surface area contributed by atoms with E-state index in [9.17, 15) is 4.79 Å². The van der Waals surface area contributed by atoms with E-state index >= 15 is 0 Å². The maximum absolute atomic E-state index is 11.4. The minimum atomic E-state index is 0.199. The average molecular weight is 290 g/mol. The fourth-order valence-electron chi connectivity index (χ4n) is 3.30. The molecule has 1 aromatic rings. The Morgan fingerprint density at radius 3 is 3.14 bits per heavy atom. The number of anilines is 1. The van der Waals surface area contributed by atoms with Gasteiger partial charge in [-0.15, -0.1) is 0 Å². The van der Waals surface area contributed by atoms with Gasteiger partial charge in [0.2, 0.25) is 5.91 Å². The van der Waals surface area contributed by atoms with Crippen molar-refractivity contribution >= 4 is 11.7 Å². The number of hydrogen-bond donors (Lipinski definition) is 3. The third kappa shape index (κ3) is 3.30. The maximum atomic E-state index is 11.4. The maximum Gasteiger partial charge on any atom is 0.220 e. The van der Waals surface area contributed by atoms with Gasteiger partial charge in [0.25, 0.3) is 0 Å². The molecule has 2 saturated heterocycles. The van der Waals surface area contributed by atoms with Gasteiger partial charge in [0.15, 0.2) is 0 Å². The van der Waals surface area contributed by atoms with Gasteiger partial charge in [0.05, 0.1) is 6.54 Å². The highest BCUT2D eigenvalue weighted by molar-refractivity contribution is 5.77. The molecule has 7 nitrogen and oxygen atoms in total. The molecule has 4 N–H and O–H groups in total. The molecule has 0 bridgehead atoms. The van der Waals surface area contributed by atoms with Crippen LogP contribution in [-0.4, -0.2) is 39.9 Å². The Bertz CT molecular complexity index is 534. The van der Waals surface area contributed by atoms with Crippen LogP contribution in [0.1, 0.15) is 30.8 Å². The summed E-state index contributed by atoms with van der Waals surface area (Å²) in [5.41, 5.74) is 3.49. The summed E-state index contributed by atoms with van der Waals surface area (Å²) in [6.45, 7) is 4.63. The molecule has 114 valence electrons. The molecule has 21 heavy (non-hydrogen) atoms. The molecule has 1 amide bonds. The van der Waals surface area contributed by atoms with E-state index < -0.39 is 0 Å². The van der Waals surface area contributed by atoms with Gasteiger partial charge in [-0.05, 0) is 25.7 Å². The lowest BCUT2D eigenvalue weighted by atomic mass is 9.85. The number of rotatable bonds is 3. The Kier molecular flexibility index (Phi) is 4.03. The van der Waals surface area contributed by atoms with Crippen molar-refractivity contribution in [1.29, 1.82) is 0 Å². The second-order valence-electron chi connectivity index (χ2n) is 5.95. The molecular formula is C14H22N6O. The standard InChI is InChI=1S/C14H22N6O/c1-9-6-12(19-15)18-13(16-9)8-20-5-4-11-10(7-20)2-3-14(21)17-11/h6,10-11H,2-5,7-8,15H2,1H3,(H,17,21)(H,16,18,19). The van der Waals surface area contributed by atoms with E-state index in [0.717, 1.165) is 44.0 Å². The Balaban J connectivity index is 1.64. The predicted molar refractivity (Wildman–Crippen MR) is 79.1 cm³/mol. The minimum absolute atomic E-state index is 0.199. The van der Waals surface area contributed by atoms with Crippen molar-refractivity contribution in [1.82, 2.24) is 20.2 Å². The summed E-state index contributed by atoms with van der Waals surface area (Å²) >= 11 is 0.